The highest BCUT2D eigenvalue weighted by atomic mass is 19.1. The van der Waals surface area contributed by atoms with Crippen LogP contribution in [0.5, 0.6) is 0 Å². The van der Waals surface area contributed by atoms with Crippen molar-refractivity contribution in [2.24, 2.45) is 0 Å². The molecule has 1 aliphatic heterocycles. The molecule has 0 amide bonds. The third-order valence-electron chi connectivity index (χ3n) is 2.82. The van der Waals surface area contributed by atoms with Crippen LogP contribution in [0.4, 0.5) is 10.1 Å². The Kier molecular flexibility index (Phi) is 2.34. The molecule has 3 nitrogen and oxygen atoms in total. The SMILES string of the molecule is CC1CCN1c1cc(C(=O)O)ccc1F. The number of hydrogen-bond acceptors (Lipinski definition) is 2. The van der Waals surface area contributed by atoms with Crippen molar-refractivity contribution >= 4 is 11.7 Å². The van der Waals surface area contributed by atoms with E-state index in [0.29, 0.717) is 11.7 Å². The summed E-state index contributed by atoms with van der Waals surface area (Å²) < 4.78 is 13.4. The van der Waals surface area contributed by atoms with Gasteiger partial charge in [0.25, 0.3) is 0 Å². The molecule has 2 rings (SSSR count). The van der Waals surface area contributed by atoms with Crippen LogP contribution in [-0.2, 0) is 0 Å². The van der Waals surface area contributed by atoms with E-state index in [4.69, 9.17) is 5.11 Å². The van der Waals surface area contributed by atoms with Gasteiger partial charge < -0.3 is 10.0 Å². The summed E-state index contributed by atoms with van der Waals surface area (Å²) in [5.74, 6) is -1.38. The summed E-state index contributed by atoms with van der Waals surface area (Å²) in [6.07, 6.45) is 1.02. The van der Waals surface area contributed by atoms with E-state index in [-0.39, 0.29) is 11.4 Å². The molecule has 0 aromatic heterocycles. The van der Waals surface area contributed by atoms with Crippen LogP contribution in [0, 0.1) is 5.82 Å². The lowest BCUT2D eigenvalue weighted by molar-refractivity contribution is 0.0697. The number of halogens is 1. The second-order valence-electron chi connectivity index (χ2n) is 3.80. The van der Waals surface area contributed by atoms with Crippen molar-refractivity contribution in [2.45, 2.75) is 19.4 Å². The Bertz CT molecular complexity index is 406. The molecular weight excluding hydrogens is 197 g/mol. The van der Waals surface area contributed by atoms with Gasteiger partial charge in [-0.3, -0.25) is 0 Å². The van der Waals surface area contributed by atoms with Crippen LogP contribution in [-0.4, -0.2) is 23.7 Å². The molecule has 4 heteroatoms. The van der Waals surface area contributed by atoms with E-state index in [0.717, 1.165) is 13.0 Å². The topological polar surface area (TPSA) is 40.5 Å². The lowest BCUT2D eigenvalue weighted by Gasteiger charge is -2.41. The van der Waals surface area contributed by atoms with Crippen molar-refractivity contribution in [3.8, 4) is 0 Å². The Hall–Kier alpha value is -1.58. The van der Waals surface area contributed by atoms with E-state index in [1.807, 2.05) is 11.8 Å². The molecule has 1 atom stereocenters. The van der Waals surface area contributed by atoms with Crippen LogP contribution in [0.3, 0.4) is 0 Å². The number of hydrogen-bond donors (Lipinski definition) is 1. The highest BCUT2D eigenvalue weighted by molar-refractivity contribution is 5.89. The molecular formula is C11H12FNO2. The van der Waals surface area contributed by atoms with E-state index in [1.165, 1.54) is 18.2 Å². The summed E-state index contributed by atoms with van der Waals surface area (Å²) >= 11 is 0. The van der Waals surface area contributed by atoms with Crippen molar-refractivity contribution in [1.82, 2.24) is 0 Å². The van der Waals surface area contributed by atoms with Gasteiger partial charge in [0.1, 0.15) is 5.82 Å². The van der Waals surface area contributed by atoms with Gasteiger partial charge in [0.2, 0.25) is 0 Å². The zero-order chi connectivity index (χ0) is 11.0. The fourth-order valence-corrected chi connectivity index (χ4v) is 1.74. The van der Waals surface area contributed by atoms with E-state index in [2.05, 4.69) is 0 Å². The van der Waals surface area contributed by atoms with Crippen LogP contribution in [0.25, 0.3) is 0 Å². The van der Waals surface area contributed by atoms with E-state index in [9.17, 15) is 9.18 Å². The number of carboxylic acids is 1. The number of benzene rings is 1. The zero-order valence-electron chi connectivity index (χ0n) is 8.40. The number of aromatic carboxylic acids is 1. The molecule has 0 radical (unpaired) electrons. The van der Waals surface area contributed by atoms with Crippen molar-refractivity contribution in [3.63, 3.8) is 0 Å². The van der Waals surface area contributed by atoms with Gasteiger partial charge in [-0.15, -0.1) is 0 Å². The molecule has 1 unspecified atom stereocenters. The fourth-order valence-electron chi connectivity index (χ4n) is 1.74. The Balaban J connectivity index is 2.36. The maximum Gasteiger partial charge on any atom is 0.335 e. The molecule has 1 fully saturated rings. The first-order valence-corrected chi connectivity index (χ1v) is 4.89. The normalized spacial score (nSPS) is 19.9. The van der Waals surface area contributed by atoms with E-state index < -0.39 is 5.97 Å². The molecule has 1 aliphatic rings. The predicted molar refractivity (Wildman–Crippen MR) is 54.8 cm³/mol. The molecule has 0 bridgehead atoms. The Morgan fingerprint density at radius 3 is 2.80 bits per heavy atom. The first kappa shape index (κ1) is 9.96. The van der Waals surface area contributed by atoms with Gasteiger partial charge in [-0.05, 0) is 31.5 Å². The molecule has 0 aliphatic carbocycles. The number of anilines is 1. The summed E-state index contributed by atoms with van der Waals surface area (Å²) in [6.45, 7) is 2.79. The number of nitrogens with zero attached hydrogens (tertiary/aromatic N) is 1. The van der Waals surface area contributed by atoms with Gasteiger partial charge in [0, 0.05) is 12.6 Å². The van der Waals surface area contributed by atoms with Gasteiger partial charge >= 0.3 is 5.97 Å². The van der Waals surface area contributed by atoms with E-state index in [1.54, 1.807) is 0 Å². The molecule has 1 aromatic carbocycles. The molecule has 1 saturated heterocycles. The van der Waals surface area contributed by atoms with Crippen molar-refractivity contribution < 1.29 is 14.3 Å². The van der Waals surface area contributed by atoms with Gasteiger partial charge in [0.15, 0.2) is 0 Å². The summed E-state index contributed by atoms with van der Waals surface area (Å²) in [4.78, 5) is 12.6. The van der Waals surface area contributed by atoms with Crippen molar-refractivity contribution in [2.75, 3.05) is 11.4 Å². The van der Waals surface area contributed by atoms with Crippen LogP contribution in [0.2, 0.25) is 0 Å². The summed E-state index contributed by atoms with van der Waals surface area (Å²) in [7, 11) is 0. The third kappa shape index (κ3) is 1.67. The first-order chi connectivity index (χ1) is 7.09. The van der Waals surface area contributed by atoms with Crippen LogP contribution < -0.4 is 4.90 Å². The van der Waals surface area contributed by atoms with Gasteiger partial charge in [0.05, 0.1) is 11.3 Å². The Labute approximate surface area is 87.1 Å². The molecule has 1 heterocycles. The predicted octanol–water partition coefficient (Wildman–Crippen LogP) is 2.12. The number of rotatable bonds is 2. The molecule has 15 heavy (non-hydrogen) atoms. The highest BCUT2D eigenvalue weighted by Crippen LogP contribution is 2.29. The quantitative estimate of drug-likeness (QED) is 0.811. The van der Waals surface area contributed by atoms with Gasteiger partial charge in [-0.1, -0.05) is 0 Å². The summed E-state index contributed by atoms with van der Waals surface area (Å²) in [5.41, 5.74) is 0.527. The van der Waals surface area contributed by atoms with Crippen LogP contribution in [0.1, 0.15) is 23.7 Å². The van der Waals surface area contributed by atoms with Crippen LogP contribution in [0.15, 0.2) is 18.2 Å². The van der Waals surface area contributed by atoms with Gasteiger partial charge in [-0.25, -0.2) is 9.18 Å². The molecule has 1 aromatic rings. The minimum atomic E-state index is -1.02. The summed E-state index contributed by atoms with van der Waals surface area (Å²) in [5, 5.41) is 8.80. The number of carbonyl (C=O) groups is 1. The maximum atomic E-state index is 13.4. The maximum absolute atomic E-state index is 13.4. The lowest BCUT2D eigenvalue weighted by atomic mass is 10.0. The largest absolute Gasteiger partial charge is 0.478 e. The minimum absolute atomic E-state index is 0.130. The standard InChI is InChI=1S/C11H12FNO2/c1-7-4-5-13(7)10-6-8(11(14)15)2-3-9(10)12/h2-3,6-7H,4-5H2,1H3,(H,14,15). The molecule has 1 N–H and O–H groups in total. The van der Waals surface area contributed by atoms with Gasteiger partial charge in [-0.2, -0.15) is 0 Å². The number of carboxylic acid groups (broad SMARTS) is 1. The molecule has 80 valence electrons. The average molecular weight is 209 g/mol. The average Bonchev–Trinajstić information content (AvgIpc) is 2.18. The molecule has 0 saturated carbocycles. The minimum Gasteiger partial charge on any atom is -0.478 e. The third-order valence-corrected chi connectivity index (χ3v) is 2.82. The summed E-state index contributed by atoms with van der Waals surface area (Å²) in [6, 6.07) is 4.19. The smallest absolute Gasteiger partial charge is 0.335 e. The molecule has 0 spiro atoms. The monoisotopic (exact) mass is 209 g/mol. The van der Waals surface area contributed by atoms with Crippen molar-refractivity contribution in [3.05, 3.63) is 29.6 Å². The van der Waals surface area contributed by atoms with Crippen molar-refractivity contribution in [1.29, 1.82) is 0 Å². The Morgan fingerprint density at radius 2 is 2.33 bits per heavy atom. The van der Waals surface area contributed by atoms with Crippen LogP contribution >= 0.6 is 0 Å². The fraction of sp³-hybridized carbons (Fsp3) is 0.364. The Morgan fingerprint density at radius 1 is 1.60 bits per heavy atom. The second-order valence-corrected chi connectivity index (χ2v) is 3.80. The van der Waals surface area contributed by atoms with E-state index >= 15 is 0 Å². The first-order valence-electron chi connectivity index (χ1n) is 4.89. The lowest BCUT2D eigenvalue weighted by Crippen LogP contribution is -2.46. The highest BCUT2D eigenvalue weighted by Gasteiger charge is 2.26. The zero-order valence-corrected chi connectivity index (χ0v) is 8.40. The second kappa shape index (κ2) is 3.53.